The molecule has 0 radical (unpaired) electrons. The van der Waals surface area contributed by atoms with Crippen molar-refractivity contribution in [2.24, 2.45) is 29.5 Å². The molecule has 0 spiro atoms. The topological polar surface area (TPSA) is 259 Å². The van der Waals surface area contributed by atoms with Crippen molar-refractivity contribution in [1.29, 1.82) is 0 Å². The molecular weight excluding hydrogens is 779 g/mol. The van der Waals surface area contributed by atoms with Gasteiger partial charge in [-0.15, -0.1) is 0 Å². The van der Waals surface area contributed by atoms with E-state index in [9.17, 15) is 0 Å². The van der Waals surface area contributed by atoms with Gasteiger partial charge in [0, 0.05) is 32.7 Å². The van der Waals surface area contributed by atoms with Crippen LogP contribution >= 0.6 is 0 Å². The second-order valence-corrected chi connectivity index (χ2v) is 48.2. The van der Waals surface area contributed by atoms with Crippen LogP contribution in [-0.4, -0.2) is 86.3 Å². The molecule has 0 amide bonds. The van der Waals surface area contributed by atoms with Gasteiger partial charge in [0.2, 0.25) is 0 Å². The summed E-state index contributed by atoms with van der Waals surface area (Å²) in [5, 5.41) is 0. The first-order chi connectivity index (χ1) is 20.2. The number of hydrogen-bond acceptors (Lipinski definition) is 19. The predicted molar refractivity (Wildman–Crippen MR) is 193 cm³/mol. The van der Waals surface area contributed by atoms with E-state index >= 15 is 0 Å². The molecule has 0 aliphatic carbocycles. The lowest BCUT2D eigenvalue weighted by Gasteiger charge is -2.43. The van der Waals surface area contributed by atoms with Gasteiger partial charge in [0.1, 0.15) is 0 Å². The lowest BCUT2D eigenvalue weighted by atomic mass is 11.8. The zero-order chi connectivity index (χ0) is 36.9. The molecule has 0 fully saturated rings. The summed E-state index contributed by atoms with van der Waals surface area (Å²) in [4.78, 5) is 0. The van der Waals surface area contributed by atoms with Gasteiger partial charge < -0.3 is 37.0 Å². The number of rotatable bonds is 23. The average Bonchev–Trinajstić information content (AvgIpc) is 2.78. The molecule has 19 nitrogen and oxygen atoms in total. The van der Waals surface area contributed by atoms with Crippen LogP contribution in [0.4, 0.5) is 0 Å². The Kier molecular flexibility index (Phi) is 17.3. The van der Waals surface area contributed by atoms with Gasteiger partial charge in [0.15, 0.2) is 16.6 Å². The standard InChI is InChI=1S/C17H61N5O14Si10/c1-37(2,3)28-39(7,8)30-40(9,10)31-41(11,12)32-43(14,24-19)34-45(16,26-21)36-46(17,27-22)35-44(15,25-20)33-42(13,23-18)29-38(4,5)6/h18-22H2,1-17H3. The van der Waals surface area contributed by atoms with Gasteiger partial charge >= 0.3 is 69.7 Å². The van der Waals surface area contributed by atoms with Crippen LogP contribution in [0.3, 0.4) is 0 Å². The Balaban J connectivity index is 6.07. The molecule has 5 atom stereocenters. The highest BCUT2D eigenvalue weighted by atomic mass is 28.5. The maximum Gasteiger partial charge on any atom is 0.499 e. The summed E-state index contributed by atoms with van der Waals surface area (Å²) in [6.45, 7) is 31.1. The van der Waals surface area contributed by atoms with Crippen molar-refractivity contribution in [1.82, 2.24) is 0 Å². The molecule has 46 heavy (non-hydrogen) atoms. The third kappa shape index (κ3) is 18.1. The molecule has 10 N–H and O–H groups in total. The van der Waals surface area contributed by atoms with Gasteiger partial charge in [-0.1, -0.05) is 0 Å². The molecular formula is C17H61N5O14Si10. The van der Waals surface area contributed by atoms with Gasteiger partial charge in [0.05, 0.1) is 0 Å². The van der Waals surface area contributed by atoms with Gasteiger partial charge in [-0.3, -0.25) is 22.6 Å². The van der Waals surface area contributed by atoms with Crippen molar-refractivity contribution >= 4 is 86.3 Å². The summed E-state index contributed by atoms with van der Waals surface area (Å²) in [7, 11) is -31.6. The maximum absolute atomic E-state index is 6.51. The van der Waals surface area contributed by atoms with Gasteiger partial charge in [-0.25, -0.2) is 29.5 Å². The second kappa shape index (κ2) is 16.8. The Morgan fingerprint density at radius 3 is 0.674 bits per heavy atom. The molecule has 0 aromatic heterocycles. The first-order valence-electron chi connectivity index (χ1n) is 14.4. The number of nitrogens with two attached hydrogens (primary N) is 5. The minimum Gasteiger partial charge on any atom is -0.437 e. The van der Waals surface area contributed by atoms with E-state index in [0.29, 0.717) is 0 Å². The Morgan fingerprint density at radius 2 is 0.435 bits per heavy atom. The van der Waals surface area contributed by atoms with E-state index in [1.165, 1.54) is 19.6 Å². The highest BCUT2D eigenvalue weighted by molar-refractivity contribution is 6.91. The highest BCUT2D eigenvalue weighted by Crippen LogP contribution is 2.30. The third-order valence-electron chi connectivity index (χ3n) is 5.01. The summed E-state index contributed by atoms with van der Waals surface area (Å²) in [6, 6.07) is 0. The van der Waals surface area contributed by atoms with Crippen molar-refractivity contribution in [2.45, 2.75) is 111 Å². The quantitative estimate of drug-likeness (QED) is 0.0730. The van der Waals surface area contributed by atoms with Crippen molar-refractivity contribution in [3.05, 3.63) is 0 Å². The SMILES string of the molecule is C[Si](C)(C)O[Si](C)(C)O[Si](C)(C)O[Si](C)(C)O[Si](C)(ON)O[Si](C)(ON)O[Si](C)(ON)O[Si](C)(ON)O[Si](C)(ON)O[Si](C)(C)C. The lowest BCUT2D eigenvalue weighted by molar-refractivity contribution is 0.0475. The highest BCUT2D eigenvalue weighted by Gasteiger charge is 2.60. The summed E-state index contributed by atoms with van der Waals surface area (Å²) >= 11 is 0. The summed E-state index contributed by atoms with van der Waals surface area (Å²) in [5.41, 5.74) is 0. The third-order valence-corrected chi connectivity index (χ3v) is 38.7. The van der Waals surface area contributed by atoms with Crippen molar-refractivity contribution < 1.29 is 59.7 Å². The molecule has 0 aromatic carbocycles. The zero-order valence-corrected chi connectivity index (χ0v) is 40.6. The van der Waals surface area contributed by atoms with Crippen LogP contribution in [0, 0.1) is 0 Å². The summed E-state index contributed by atoms with van der Waals surface area (Å²) in [6.07, 6.45) is 0. The van der Waals surface area contributed by atoms with Crippen molar-refractivity contribution in [2.75, 3.05) is 0 Å². The molecule has 278 valence electrons. The monoisotopic (exact) mass is 839 g/mol. The molecule has 0 aliphatic heterocycles. The molecule has 5 unspecified atom stereocenters. The van der Waals surface area contributed by atoms with Crippen LogP contribution in [0.1, 0.15) is 0 Å². The molecule has 0 saturated carbocycles. The lowest BCUT2D eigenvalue weighted by Crippen LogP contribution is -2.69. The molecule has 0 rings (SSSR count). The van der Waals surface area contributed by atoms with E-state index in [1.807, 2.05) is 58.9 Å². The van der Waals surface area contributed by atoms with Crippen LogP contribution in [-0.2, 0) is 59.7 Å². The summed E-state index contributed by atoms with van der Waals surface area (Å²) in [5.74, 6) is 28.3. The summed E-state index contributed by atoms with van der Waals surface area (Å²) < 4.78 is 82.2. The largest absolute Gasteiger partial charge is 0.499 e. The molecule has 0 aromatic rings. The van der Waals surface area contributed by atoms with E-state index in [0.717, 1.165) is 0 Å². The first kappa shape index (κ1) is 47.4. The Labute approximate surface area is 285 Å². The van der Waals surface area contributed by atoms with Gasteiger partial charge in [0.25, 0.3) is 0 Å². The van der Waals surface area contributed by atoms with E-state index in [-0.39, 0.29) is 0 Å². The molecule has 0 aliphatic rings. The van der Waals surface area contributed by atoms with Crippen LogP contribution in [0.2, 0.25) is 111 Å². The molecule has 29 heteroatoms. The maximum atomic E-state index is 6.51. The normalized spacial score (nSPS) is 20.7. The molecule has 0 heterocycles. The van der Waals surface area contributed by atoms with Crippen LogP contribution in [0.5, 0.6) is 0 Å². The minimum absolute atomic E-state index is 1.43. The average molecular weight is 841 g/mol. The van der Waals surface area contributed by atoms with Crippen LogP contribution in [0.15, 0.2) is 0 Å². The van der Waals surface area contributed by atoms with Crippen molar-refractivity contribution in [3.63, 3.8) is 0 Å². The first-order valence-corrected chi connectivity index (χ1v) is 40.8. The van der Waals surface area contributed by atoms with Crippen molar-refractivity contribution in [3.8, 4) is 0 Å². The fourth-order valence-electron chi connectivity index (χ4n) is 4.68. The fraction of sp³-hybridized carbons (Fsp3) is 1.00. The Hall–Kier alpha value is 1.41. The fourth-order valence-corrected chi connectivity index (χ4v) is 45.1. The smallest absolute Gasteiger partial charge is 0.437 e. The van der Waals surface area contributed by atoms with Gasteiger partial charge in [-0.05, 0) is 78.6 Å². The zero-order valence-electron chi connectivity index (χ0n) is 30.6. The second-order valence-electron chi connectivity index (χ2n) is 14.2. The van der Waals surface area contributed by atoms with E-state index < -0.39 is 86.3 Å². The predicted octanol–water partition coefficient (Wildman–Crippen LogP) is 2.21. The van der Waals surface area contributed by atoms with E-state index in [4.69, 9.17) is 89.2 Å². The van der Waals surface area contributed by atoms with Crippen LogP contribution < -0.4 is 29.5 Å². The molecule has 0 bridgehead atoms. The number of hydrogen-bond donors (Lipinski definition) is 5. The van der Waals surface area contributed by atoms with E-state index in [2.05, 4.69) is 19.6 Å². The van der Waals surface area contributed by atoms with Gasteiger partial charge in [-0.2, -0.15) is 0 Å². The molecule has 0 saturated heterocycles. The van der Waals surface area contributed by atoms with E-state index in [1.54, 1.807) is 13.1 Å². The minimum atomic E-state index is -4.01. The Bertz CT molecular complexity index is 974. The van der Waals surface area contributed by atoms with Crippen LogP contribution in [0.25, 0.3) is 0 Å². The Morgan fingerprint density at radius 1 is 0.239 bits per heavy atom.